The van der Waals surface area contributed by atoms with Crippen molar-refractivity contribution in [2.75, 3.05) is 40.0 Å². The molecule has 0 saturated carbocycles. The van der Waals surface area contributed by atoms with Gasteiger partial charge in [0.05, 0.1) is 42.3 Å². The third-order valence-corrected chi connectivity index (χ3v) is 7.33. The first kappa shape index (κ1) is 25.0. The molecule has 0 N–H and O–H groups in total. The first-order valence-electron chi connectivity index (χ1n) is 13.1. The number of ether oxygens (including phenoxy) is 2. The number of methoxy groups -OCH3 is 1. The number of likely N-dealkylation sites (tertiary alicyclic amines) is 1. The van der Waals surface area contributed by atoms with Gasteiger partial charge in [0.2, 0.25) is 0 Å². The number of imidazole rings is 1. The van der Waals surface area contributed by atoms with Gasteiger partial charge in [-0.1, -0.05) is 12.1 Å². The first-order valence-corrected chi connectivity index (χ1v) is 13.1. The van der Waals surface area contributed by atoms with Gasteiger partial charge in [-0.2, -0.15) is 15.3 Å². The number of pyridine rings is 1. The Balaban J connectivity index is 1.41. The van der Waals surface area contributed by atoms with Crippen LogP contribution in [0.5, 0.6) is 6.01 Å². The van der Waals surface area contributed by atoms with Crippen LogP contribution in [0.15, 0.2) is 55.1 Å². The van der Waals surface area contributed by atoms with E-state index in [-0.39, 0.29) is 0 Å². The van der Waals surface area contributed by atoms with Gasteiger partial charge in [-0.15, -0.1) is 0 Å². The number of aryl methyl sites for hydroxylation is 1. The van der Waals surface area contributed by atoms with Crippen molar-refractivity contribution in [1.82, 2.24) is 34.0 Å². The zero-order chi connectivity index (χ0) is 26.8. The summed E-state index contributed by atoms with van der Waals surface area (Å²) in [7, 11) is 3.62. The predicted octanol–water partition coefficient (Wildman–Crippen LogP) is 3.95. The molecular formula is C29H30N8O2. The van der Waals surface area contributed by atoms with Crippen LogP contribution in [0.3, 0.4) is 0 Å². The summed E-state index contributed by atoms with van der Waals surface area (Å²) in [5.74, 6) is 0.409. The van der Waals surface area contributed by atoms with Crippen LogP contribution >= 0.6 is 0 Å². The Kier molecular flexibility index (Phi) is 6.92. The predicted molar refractivity (Wildman–Crippen MR) is 147 cm³/mol. The third-order valence-electron chi connectivity index (χ3n) is 7.33. The van der Waals surface area contributed by atoms with Crippen molar-refractivity contribution in [2.24, 2.45) is 13.0 Å². The van der Waals surface area contributed by atoms with E-state index in [1.807, 2.05) is 36.0 Å². The van der Waals surface area contributed by atoms with Gasteiger partial charge in [-0.3, -0.25) is 9.08 Å². The lowest BCUT2D eigenvalue weighted by Crippen LogP contribution is -2.39. The van der Waals surface area contributed by atoms with E-state index in [0.29, 0.717) is 24.1 Å². The van der Waals surface area contributed by atoms with Crippen LogP contribution < -0.4 is 4.74 Å². The van der Waals surface area contributed by atoms with Gasteiger partial charge in [0, 0.05) is 68.3 Å². The number of hydrogen-bond donors (Lipinski definition) is 0. The van der Waals surface area contributed by atoms with E-state index < -0.39 is 0 Å². The van der Waals surface area contributed by atoms with E-state index >= 15 is 0 Å². The highest BCUT2D eigenvalue weighted by Gasteiger charge is 2.23. The van der Waals surface area contributed by atoms with Crippen molar-refractivity contribution in [2.45, 2.75) is 12.8 Å². The maximum Gasteiger partial charge on any atom is 0.302 e. The van der Waals surface area contributed by atoms with Gasteiger partial charge in [-0.05, 0) is 37.6 Å². The second-order valence-electron chi connectivity index (χ2n) is 9.95. The molecule has 6 rings (SSSR count). The Morgan fingerprint density at radius 2 is 1.97 bits per heavy atom. The fourth-order valence-corrected chi connectivity index (χ4v) is 5.32. The van der Waals surface area contributed by atoms with Gasteiger partial charge < -0.3 is 14.4 Å². The normalized spacial score (nSPS) is 16.1. The monoisotopic (exact) mass is 522 g/mol. The molecule has 1 fully saturated rings. The number of fused-ring (bicyclic) bond motifs is 2. The topological polar surface area (TPSA) is 106 Å². The van der Waals surface area contributed by atoms with Crippen molar-refractivity contribution < 1.29 is 9.47 Å². The Hall–Kier alpha value is -4.33. The average Bonchev–Trinajstić information content (AvgIpc) is 3.61. The van der Waals surface area contributed by atoms with Crippen molar-refractivity contribution >= 4 is 16.7 Å². The molecule has 5 aromatic rings. The second kappa shape index (κ2) is 10.8. The molecule has 1 saturated heterocycles. The maximum atomic E-state index is 9.33. The summed E-state index contributed by atoms with van der Waals surface area (Å²) in [6.45, 7) is 4.31. The van der Waals surface area contributed by atoms with Crippen molar-refractivity contribution in [3.05, 3.63) is 60.7 Å². The number of rotatable bonds is 8. The lowest BCUT2D eigenvalue weighted by Gasteiger charge is -2.32. The zero-order valence-electron chi connectivity index (χ0n) is 22.1. The molecule has 4 aromatic heterocycles. The number of benzene rings is 1. The van der Waals surface area contributed by atoms with Crippen molar-refractivity contribution in [1.29, 1.82) is 5.26 Å². The summed E-state index contributed by atoms with van der Waals surface area (Å²) in [6.07, 6.45) is 9.55. The number of nitriles is 1. The van der Waals surface area contributed by atoms with Crippen LogP contribution in [-0.2, 0) is 11.8 Å². The molecule has 1 aliphatic heterocycles. The highest BCUT2D eigenvalue weighted by Crippen LogP contribution is 2.37. The molecule has 1 unspecified atom stereocenters. The van der Waals surface area contributed by atoms with Gasteiger partial charge in [-0.25, -0.2) is 9.97 Å². The van der Waals surface area contributed by atoms with E-state index in [2.05, 4.69) is 27.1 Å². The summed E-state index contributed by atoms with van der Waals surface area (Å²) in [6, 6.07) is 12.2. The molecule has 0 radical (unpaired) electrons. The quantitative estimate of drug-likeness (QED) is 0.302. The van der Waals surface area contributed by atoms with E-state index in [0.717, 1.165) is 78.1 Å². The van der Waals surface area contributed by atoms with Crippen molar-refractivity contribution in [3.63, 3.8) is 0 Å². The fourth-order valence-electron chi connectivity index (χ4n) is 5.32. The highest BCUT2D eigenvalue weighted by molar-refractivity contribution is 5.93. The van der Waals surface area contributed by atoms with Crippen LogP contribution in [0.1, 0.15) is 18.4 Å². The van der Waals surface area contributed by atoms with Crippen LogP contribution in [-0.4, -0.2) is 74.0 Å². The minimum absolute atomic E-state index is 0.409. The van der Waals surface area contributed by atoms with Crippen LogP contribution in [0.25, 0.3) is 39.1 Å². The van der Waals surface area contributed by atoms with Gasteiger partial charge in [0.1, 0.15) is 0 Å². The van der Waals surface area contributed by atoms with Crippen LogP contribution in [0.2, 0.25) is 0 Å². The second-order valence-corrected chi connectivity index (χ2v) is 9.95. The minimum Gasteiger partial charge on any atom is -0.464 e. The van der Waals surface area contributed by atoms with Gasteiger partial charge in [0.25, 0.3) is 0 Å². The summed E-state index contributed by atoms with van der Waals surface area (Å²) in [4.78, 5) is 16.9. The first-order chi connectivity index (χ1) is 19.1. The van der Waals surface area contributed by atoms with Crippen molar-refractivity contribution in [3.8, 4) is 34.5 Å². The molecule has 0 amide bonds. The summed E-state index contributed by atoms with van der Waals surface area (Å²) >= 11 is 0. The molecule has 0 spiro atoms. The Labute approximate surface area is 226 Å². The maximum absolute atomic E-state index is 9.33. The highest BCUT2D eigenvalue weighted by atomic mass is 16.5. The van der Waals surface area contributed by atoms with E-state index in [1.54, 1.807) is 36.3 Å². The lowest BCUT2D eigenvalue weighted by molar-refractivity contribution is 0.0934. The summed E-state index contributed by atoms with van der Waals surface area (Å²) in [5, 5.41) is 14.6. The smallest absolute Gasteiger partial charge is 0.302 e. The molecule has 1 atom stereocenters. The fraction of sp³-hybridized carbons (Fsp3) is 0.345. The molecular weight excluding hydrogens is 492 g/mol. The number of aromatic nitrogens is 6. The molecule has 1 aliphatic rings. The molecule has 39 heavy (non-hydrogen) atoms. The Morgan fingerprint density at radius 1 is 1.10 bits per heavy atom. The zero-order valence-corrected chi connectivity index (χ0v) is 22.1. The molecule has 10 nitrogen and oxygen atoms in total. The van der Waals surface area contributed by atoms with Crippen LogP contribution in [0, 0.1) is 17.2 Å². The molecule has 10 heteroatoms. The van der Waals surface area contributed by atoms with Gasteiger partial charge in [0.15, 0.2) is 11.3 Å². The lowest BCUT2D eigenvalue weighted by atomic mass is 9.99. The SMILES string of the molecule is COCCN1CCCC(COc2nc(-c3ccc(C#N)cc3)c(-c3cnc4c(cnn4C)c3)c3nccn23)C1. The molecule has 1 aromatic carbocycles. The largest absolute Gasteiger partial charge is 0.464 e. The molecule has 0 bridgehead atoms. The third kappa shape index (κ3) is 4.94. The van der Waals surface area contributed by atoms with E-state index in [1.165, 1.54) is 0 Å². The van der Waals surface area contributed by atoms with E-state index in [4.69, 9.17) is 19.4 Å². The molecule has 5 heterocycles. The summed E-state index contributed by atoms with van der Waals surface area (Å²) in [5.41, 5.74) is 5.45. The number of piperidine rings is 1. The molecule has 0 aliphatic carbocycles. The number of hydrogen-bond acceptors (Lipinski definition) is 8. The van der Waals surface area contributed by atoms with Gasteiger partial charge >= 0.3 is 6.01 Å². The van der Waals surface area contributed by atoms with E-state index in [9.17, 15) is 5.26 Å². The van der Waals surface area contributed by atoms with Crippen LogP contribution in [0.4, 0.5) is 0 Å². The minimum atomic E-state index is 0.409. The average molecular weight is 523 g/mol. The Bertz CT molecular complexity index is 1650. The number of nitrogens with zero attached hydrogens (tertiary/aromatic N) is 8. The molecule has 198 valence electrons. The summed E-state index contributed by atoms with van der Waals surface area (Å²) < 4.78 is 15.3. The standard InChI is InChI=1S/C29H30N8O2/c1-35-27-24(17-33-35)14-23(16-32-27)25-26(22-7-5-20(15-30)6-8-22)34-29(37-11-9-31-28(25)37)39-19-21-4-3-10-36(18-21)12-13-38-2/h5-9,11,14,16-17,21H,3-4,10,12-13,18-19H2,1-2H3. The Morgan fingerprint density at radius 3 is 2.79 bits per heavy atom.